The summed E-state index contributed by atoms with van der Waals surface area (Å²) in [5.41, 5.74) is 13.8. The smallest absolute Gasteiger partial charge is 0.227 e. The Hall–Kier alpha value is -3.92. The molecule has 13 nitrogen and oxygen atoms in total. The van der Waals surface area contributed by atoms with Gasteiger partial charge in [-0.15, -0.1) is 5.10 Å². The summed E-state index contributed by atoms with van der Waals surface area (Å²) in [4.78, 5) is 50.5. The summed E-state index contributed by atoms with van der Waals surface area (Å²) in [7, 11) is 3.78. The minimum atomic E-state index is -0.645. The largest absolute Gasteiger partial charge is 0.396 e. The van der Waals surface area contributed by atoms with Crippen LogP contribution < -0.4 is 21.7 Å². The lowest BCUT2D eigenvalue weighted by molar-refractivity contribution is -0.128. The minimum absolute atomic E-state index is 0.0305. The average Bonchev–Trinajstić information content (AvgIpc) is 3.58. The molecule has 60 heavy (non-hydrogen) atoms. The SMILES string of the molecule is CC(C)(CCO)NC(=O)CCC(=O)N1Cc2ccccc2-c2c(nnn2CCC(C)(C)OCCC(C)(C)C(N)=O)-c2ccccc21.CC(C)CCSSC(C)CCC(N)=O. The Bertz CT molecular complexity index is 1880. The maximum absolute atomic E-state index is 13.8. The molecule has 1 aromatic heterocycles. The molecule has 1 aliphatic heterocycles. The number of fused-ring (bicyclic) bond motifs is 5. The zero-order valence-corrected chi connectivity index (χ0v) is 38.8. The number of nitrogens with zero attached hydrogens (tertiary/aromatic N) is 4. The highest BCUT2D eigenvalue weighted by Gasteiger charge is 2.31. The van der Waals surface area contributed by atoms with Crippen molar-refractivity contribution in [1.82, 2.24) is 20.3 Å². The van der Waals surface area contributed by atoms with E-state index >= 15 is 0 Å². The number of primary amides is 2. The lowest BCUT2D eigenvalue weighted by atomic mass is 9.89. The van der Waals surface area contributed by atoms with Crippen LogP contribution in [0.4, 0.5) is 5.69 Å². The number of aliphatic hydroxyl groups excluding tert-OH is 1. The summed E-state index contributed by atoms with van der Waals surface area (Å²) in [5.74, 6) is 1.03. The van der Waals surface area contributed by atoms with E-state index in [-0.39, 0.29) is 43.1 Å². The second kappa shape index (κ2) is 23.3. The lowest BCUT2D eigenvalue weighted by Gasteiger charge is -2.30. The van der Waals surface area contributed by atoms with E-state index in [9.17, 15) is 24.3 Å². The Morgan fingerprint density at radius 3 is 2.20 bits per heavy atom. The highest BCUT2D eigenvalue weighted by molar-refractivity contribution is 8.76. The first-order chi connectivity index (χ1) is 28.2. The second-order valence-corrected chi connectivity index (χ2v) is 20.8. The number of nitrogens with two attached hydrogens (primary N) is 2. The van der Waals surface area contributed by atoms with Crippen molar-refractivity contribution in [1.29, 1.82) is 0 Å². The van der Waals surface area contributed by atoms with E-state index in [0.717, 1.165) is 34.7 Å². The van der Waals surface area contributed by atoms with Gasteiger partial charge in [-0.25, -0.2) is 4.68 Å². The van der Waals surface area contributed by atoms with Gasteiger partial charge in [-0.2, -0.15) is 0 Å². The predicted molar refractivity (Wildman–Crippen MR) is 245 cm³/mol. The van der Waals surface area contributed by atoms with Crippen LogP contribution in [0.1, 0.15) is 119 Å². The van der Waals surface area contributed by atoms with Crippen molar-refractivity contribution in [3.05, 3.63) is 54.1 Å². The molecule has 332 valence electrons. The highest BCUT2D eigenvalue weighted by atomic mass is 33.1. The van der Waals surface area contributed by atoms with E-state index in [1.807, 2.05) is 116 Å². The number of benzene rings is 2. The summed E-state index contributed by atoms with van der Waals surface area (Å²) in [6.07, 6.45) is 4.33. The van der Waals surface area contributed by atoms with E-state index in [1.165, 1.54) is 12.2 Å². The van der Waals surface area contributed by atoms with Crippen LogP contribution in [0.15, 0.2) is 48.5 Å². The van der Waals surface area contributed by atoms with E-state index in [0.29, 0.717) is 62.0 Å². The number of ether oxygens (including phenoxy) is 1. The summed E-state index contributed by atoms with van der Waals surface area (Å²) in [6.45, 7) is 19.2. The first kappa shape index (κ1) is 50.4. The van der Waals surface area contributed by atoms with Crippen LogP contribution in [0, 0.1) is 11.3 Å². The minimum Gasteiger partial charge on any atom is -0.396 e. The van der Waals surface area contributed by atoms with Crippen molar-refractivity contribution in [2.24, 2.45) is 22.8 Å². The number of hydrogen-bond donors (Lipinski definition) is 4. The van der Waals surface area contributed by atoms with Crippen molar-refractivity contribution < 1.29 is 29.0 Å². The average molecular weight is 868 g/mol. The quantitative estimate of drug-likeness (QED) is 0.0575. The predicted octanol–water partition coefficient (Wildman–Crippen LogP) is 7.67. The van der Waals surface area contributed by atoms with Gasteiger partial charge < -0.3 is 31.5 Å². The Kier molecular flexibility index (Phi) is 19.6. The van der Waals surface area contributed by atoms with E-state index in [2.05, 4.69) is 36.4 Å². The molecule has 15 heteroatoms. The fourth-order valence-corrected chi connectivity index (χ4v) is 9.00. The highest BCUT2D eigenvalue weighted by Crippen LogP contribution is 2.41. The summed E-state index contributed by atoms with van der Waals surface area (Å²) in [5, 5.41) is 21.9. The number of anilines is 1. The summed E-state index contributed by atoms with van der Waals surface area (Å²) >= 11 is 0. The molecule has 0 spiro atoms. The van der Waals surface area contributed by atoms with Crippen molar-refractivity contribution in [2.45, 2.75) is 143 Å². The number of amides is 4. The molecule has 2 heterocycles. The van der Waals surface area contributed by atoms with E-state index < -0.39 is 16.6 Å². The van der Waals surface area contributed by atoms with Crippen molar-refractivity contribution >= 4 is 50.9 Å². The van der Waals surface area contributed by atoms with Crippen LogP contribution in [0.25, 0.3) is 22.5 Å². The normalized spacial score (nSPS) is 13.2. The number of para-hydroxylation sites is 1. The van der Waals surface area contributed by atoms with Gasteiger partial charge in [0, 0.05) is 72.1 Å². The molecule has 1 aliphatic rings. The van der Waals surface area contributed by atoms with Crippen molar-refractivity contribution in [2.75, 3.05) is 23.9 Å². The van der Waals surface area contributed by atoms with Crippen LogP contribution in [0.2, 0.25) is 0 Å². The van der Waals surface area contributed by atoms with Gasteiger partial charge >= 0.3 is 0 Å². The molecule has 0 bridgehead atoms. The topological polar surface area (TPSA) is 196 Å². The van der Waals surface area contributed by atoms with Gasteiger partial charge in [0.1, 0.15) is 5.69 Å². The van der Waals surface area contributed by atoms with Gasteiger partial charge in [0.2, 0.25) is 23.6 Å². The third kappa shape index (κ3) is 16.2. The number of aromatic nitrogens is 3. The van der Waals surface area contributed by atoms with Crippen LogP contribution in [0.5, 0.6) is 0 Å². The van der Waals surface area contributed by atoms with Gasteiger partial charge in [-0.3, -0.25) is 19.2 Å². The Morgan fingerprint density at radius 2 is 1.55 bits per heavy atom. The summed E-state index contributed by atoms with van der Waals surface area (Å²) < 4.78 is 8.10. The molecule has 0 saturated heterocycles. The number of carbonyl (C=O) groups excluding carboxylic acids is 4. The van der Waals surface area contributed by atoms with Crippen LogP contribution in [-0.4, -0.2) is 79.1 Å². The number of aliphatic hydroxyl groups is 1. The van der Waals surface area contributed by atoms with Crippen LogP contribution in [0.3, 0.4) is 0 Å². The molecule has 1 atom stereocenters. The number of aryl methyl sites for hydroxylation is 1. The third-order valence-corrected chi connectivity index (χ3v) is 13.5. The molecule has 2 aromatic carbocycles. The van der Waals surface area contributed by atoms with Gasteiger partial charge in [0.15, 0.2) is 0 Å². The molecular weight excluding hydrogens is 799 g/mol. The third-order valence-electron chi connectivity index (χ3n) is 10.5. The molecule has 4 amide bonds. The number of rotatable bonds is 22. The van der Waals surface area contributed by atoms with Crippen molar-refractivity contribution in [3.63, 3.8) is 0 Å². The second-order valence-electron chi connectivity index (χ2n) is 17.8. The molecule has 0 fully saturated rings. The Morgan fingerprint density at radius 1 is 0.883 bits per heavy atom. The monoisotopic (exact) mass is 867 g/mol. The molecule has 0 radical (unpaired) electrons. The van der Waals surface area contributed by atoms with Crippen molar-refractivity contribution in [3.8, 4) is 22.5 Å². The first-order valence-corrected chi connectivity index (χ1v) is 23.4. The molecule has 1 unspecified atom stereocenters. The Labute approximate surface area is 365 Å². The standard InChI is InChI=1S/C35H48N6O5.C10H21NOS2/c1-33(2,32(36)45)19-22-46-35(5,6)17-20-41-31-25-12-8-7-11-24(25)23-40(27-14-10-9-13-26(27)30(31)38-39-41)29(44)16-15-28(43)37-34(3,4)18-21-42;1-8(2)6-7-13-14-9(3)4-5-10(11)12/h7-14,42H,15-23H2,1-6H3,(H2,36,45)(H,37,43);8-9H,4-7H2,1-3H3,(H2,11,12). The molecule has 0 saturated carbocycles. The maximum atomic E-state index is 13.8. The first-order valence-electron chi connectivity index (χ1n) is 21.0. The van der Waals surface area contributed by atoms with Gasteiger partial charge in [0.25, 0.3) is 0 Å². The summed E-state index contributed by atoms with van der Waals surface area (Å²) in [6, 6.07) is 15.6. The molecular formula is C45H69N7O6S2. The zero-order chi connectivity index (χ0) is 44.7. The number of nitrogens with one attached hydrogen (secondary N) is 1. The van der Waals surface area contributed by atoms with Crippen LogP contribution >= 0.6 is 21.6 Å². The van der Waals surface area contributed by atoms with E-state index in [1.54, 1.807) is 4.90 Å². The van der Waals surface area contributed by atoms with Gasteiger partial charge in [-0.05, 0) is 77.3 Å². The van der Waals surface area contributed by atoms with Gasteiger partial charge in [-0.1, -0.05) is 104 Å². The zero-order valence-electron chi connectivity index (χ0n) is 37.2. The number of carbonyl (C=O) groups is 4. The fourth-order valence-electron chi connectivity index (χ4n) is 6.33. The molecule has 0 aliphatic carbocycles. The number of hydrogen-bond acceptors (Lipinski definition) is 10. The van der Waals surface area contributed by atoms with Gasteiger partial charge in [0.05, 0.1) is 23.5 Å². The molecule has 6 N–H and O–H groups in total. The maximum Gasteiger partial charge on any atom is 0.227 e. The Balaban J connectivity index is 0.000000586. The molecule has 4 rings (SSSR count). The fraction of sp³-hybridized carbons (Fsp3) is 0.600. The van der Waals surface area contributed by atoms with E-state index in [4.69, 9.17) is 16.2 Å². The van der Waals surface area contributed by atoms with Crippen LogP contribution in [-0.2, 0) is 37.0 Å². The molecule has 3 aromatic rings. The lowest BCUT2D eigenvalue weighted by Crippen LogP contribution is -2.44.